The number of H-pyrrole nitrogens is 1. The molecule has 70 heavy (non-hydrogen) atoms. The zero-order valence-corrected chi connectivity index (χ0v) is 41.1. The summed E-state index contributed by atoms with van der Waals surface area (Å²) in [6.07, 6.45) is 11.2. The number of benzene rings is 2. The number of amidine groups is 1. The minimum atomic E-state index is -0.830. The Morgan fingerprint density at radius 2 is 1.47 bits per heavy atom. The van der Waals surface area contributed by atoms with Crippen LogP contribution in [0.1, 0.15) is 107 Å². The molecule has 0 radical (unpaired) electrons. The normalized spacial score (nSPS) is 20.8. The second kappa shape index (κ2) is 21.3. The number of anilines is 1. The number of pyridine rings is 1. The lowest BCUT2D eigenvalue weighted by Crippen LogP contribution is -2.54. The third kappa shape index (κ3) is 10.3. The Balaban J connectivity index is 1.04. The number of fused-ring (bicyclic) bond motifs is 4. The van der Waals surface area contributed by atoms with Crippen LogP contribution in [0.2, 0.25) is 0 Å². The molecule has 5 N–H and O–H groups in total. The Hall–Kier alpha value is -7.04. The van der Waals surface area contributed by atoms with E-state index < -0.39 is 36.1 Å². The van der Waals surface area contributed by atoms with Gasteiger partial charge in [0.25, 0.3) is 0 Å². The number of allylic oxidation sites excluding steroid dienone is 1. The maximum Gasteiger partial charge on any atom is 0.407 e. The summed E-state index contributed by atoms with van der Waals surface area (Å²) in [5.74, 6) is 0.795. The molecule has 4 heterocycles. The Bertz CT molecular complexity index is 2680. The lowest BCUT2D eigenvalue weighted by Gasteiger charge is -2.31. The van der Waals surface area contributed by atoms with Gasteiger partial charge in [-0.3, -0.25) is 19.4 Å². The number of aromatic nitrogens is 3. The summed E-state index contributed by atoms with van der Waals surface area (Å²) >= 11 is 0. The van der Waals surface area contributed by atoms with Crippen LogP contribution in [0, 0.1) is 24.7 Å². The number of aliphatic imine (C=N–C) groups is 1. The van der Waals surface area contributed by atoms with Crippen LogP contribution in [0.5, 0.6) is 0 Å². The number of carbonyl (C=O) groups is 5. The van der Waals surface area contributed by atoms with Crippen molar-refractivity contribution in [3.63, 3.8) is 0 Å². The number of imidazole rings is 1. The lowest BCUT2D eigenvalue weighted by molar-refractivity contribution is -0.135. The Kier molecular flexibility index (Phi) is 15.0. The molecular formula is C53H65N9O8. The van der Waals surface area contributed by atoms with Gasteiger partial charge in [-0.1, -0.05) is 58.0 Å². The van der Waals surface area contributed by atoms with Gasteiger partial charge < -0.3 is 45.3 Å². The van der Waals surface area contributed by atoms with Crippen molar-refractivity contribution < 1.29 is 38.6 Å². The van der Waals surface area contributed by atoms with Gasteiger partial charge in [0.1, 0.15) is 23.7 Å². The summed E-state index contributed by atoms with van der Waals surface area (Å²) in [6, 6.07) is 12.3. The van der Waals surface area contributed by atoms with Crippen LogP contribution in [0.3, 0.4) is 0 Å². The lowest BCUT2D eigenvalue weighted by atomic mass is 9.78. The number of rotatable bonds is 14. The van der Waals surface area contributed by atoms with Gasteiger partial charge >= 0.3 is 12.2 Å². The number of nitrogens with zero attached hydrogens (tertiary/aromatic N) is 5. The van der Waals surface area contributed by atoms with Gasteiger partial charge in [-0.15, -0.1) is 0 Å². The van der Waals surface area contributed by atoms with E-state index in [1.165, 1.54) is 31.8 Å². The molecule has 6 unspecified atom stereocenters. The number of aliphatic hydroxyl groups is 1. The van der Waals surface area contributed by atoms with E-state index >= 15 is 0 Å². The van der Waals surface area contributed by atoms with E-state index in [1.807, 2.05) is 58.0 Å². The van der Waals surface area contributed by atoms with Crippen molar-refractivity contribution >= 4 is 41.8 Å². The number of hydrogen-bond acceptors (Lipinski definition) is 11. The fourth-order valence-electron chi connectivity index (χ4n) is 10.8. The largest absolute Gasteiger partial charge is 0.503 e. The first-order valence-electron chi connectivity index (χ1n) is 24.5. The van der Waals surface area contributed by atoms with Crippen LogP contribution in [-0.2, 0) is 30.3 Å². The molecule has 17 nitrogen and oxygen atoms in total. The van der Waals surface area contributed by atoms with E-state index in [0.29, 0.717) is 55.7 Å². The smallest absolute Gasteiger partial charge is 0.407 e. The summed E-state index contributed by atoms with van der Waals surface area (Å²) in [5.41, 5.74) is 10.3. The maximum atomic E-state index is 14.0. The number of methoxy groups -OCH3 is 2. The second-order valence-electron chi connectivity index (χ2n) is 19.7. The van der Waals surface area contributed by atoms with Crippen LogP contribution >= 0.6 is 0 Å². The molecule has 1 saturated carbocycles. The van der Waals surface area contributed by atoms with Gasteiger partial charge in [-0.2, -0.15) is 0 Å². The van der Waals surface area contributed by atoms with E-state index in [-0.39, 0.29) is 29.7 Å². The SMILES string of the molecule is COC(=O)NC(C(=O)N1CCCC1C(=N/C=C(\O)C=O)Nc1ccc(-c2cnc(-c3ccc(-c4cnc(C5CCCN5C(=O)C(NC(=O)OC)C(C)C)[nH]4)cc3)c3c2CC2CCC3C2)cc1C)C(C)C. The summed E-state index contributed by atoms with van der Waals surface area (Å²) < 4.78 is 9.60. The van der Waals surface area contributed by atoms with E-state index in [4.69, 9.17) is 19.4 Å². The first-order chi connectivity index (χ1) is 33.7. The molecule has 3 fully saturated rings. The molecular weight excluding hydrogens is 891 g/mol. The van der Waals surface area contributed by atoms with E-state index in [9.17, 15) is 29.1 Å². The fourth-order valence-corrected chi connectivity index (χ4v) is 10.8. The molecule has 2 aromatic carbocycles. The fraction of sp³-hybridized carbons (Fsp3) is 0.472. The molecule has 4 aliphatic rings. The highest BCUT2D eigenvalue weighted by Crippen LogP contribution is 2.51. The highest BCUT2D eigenvalue weighted by Gasteiger charge is 2.40. The number of hydrogen-bond donors (Lipinski definition) is 5. The van der Waals surface area contributed by atoms with Gasteiger partial charge in [0.05, 0.1) is 50.1 Å². The van der Waals surface area contributed by atoms with Gasteiger partial charge in [0, 0.05) is 36.1 Å². The number of likely N-dealkylation sites (tertiary alicyclic amines) is 2. The number of ether oxygens (including phenoxy) is 2. The molecule has 8 rings (SSSR count). The molecule has 4 amide bonds. The first-order valence-corrected chi connectivity index (χ1v) is 24.5. The average molecular weight is 956 g/mol. The second-order valence-corrected chi connectivity index (χ2v) is 19.7. The minimum absolute atomic E-state index is 0.124. The topological polar surface area (TPSA) is 221 Å². The van der Waals surface area contributed by atoms with Crippen LogP contribution in [-0.4, -0.2) is 111 Å². The summed E-state index contributed by atoms with van der Waals surface area (Å²) in [6.45, 7) is 10.5. The molecule has 2 aliphatic carbocycles. The molecule has 2 bridgehead atoms. The summed E-state index contributed by atoms with van der Waals surface area (Å²) in [7, 11) is 2.54. The predicted octanol–water partition coefficient (Wildman–Crippen LogP) is 8.38. The number of carbonyl (C=O) groups excluding carboxylic acids is 5. The number of nitrogens with one attached hydrogen (secondary N) is 4. The quantitative estimate of drug-likeness (QED) is 0.0266. The van der Waals surface area contributed by atoms with Crippen molar-refractivity contribution in [1.29, 1.82) is 0 Å². The van der Waals surface area contributed by atoms with Crippen LogP contribution in [0.4, 0.5) is 15.3 Å². The highest BCUT2D eigenvalue weighted by molar-refractivity contribution is 6.03. The first kappa shape index (κ1) is 49.4. The number of alkyl carbamates (subject to hydrolysis) is 2. The van der Waals surface area contributed by atoms with Crippen molar-refractivity contribution in [3.8, 4) is 33.6 Å². The molecule has 4 aromatic rings. The molecule has 2 aromatic heterocycles. The third-order valence-corrected chi connectivity index (χ3v) is 14.5. The highest BCUT2D eigenvalue weighted by atomic mass is 16.5. The predicted molar refractivity (Wildman–Crippen MR) is 266 cm³/mol. The molecule has 370 valence electrons. The molecule has 17 heteroatoms. The van der Waals surface area contributed by atoms with Crippen molar-refractivity contribution in [3.05, 3.63) is 89.3 Å². The zero-order valence-electron chi connectivity index (χ0n) is 41.1. The van der Waals surface area contributed by atoms with Crippen molar-refractivity contribution in [2.75, 3.05) is 32.6 Å². The Morgan fingerprint density at radius 3 is 2.13 bits per heavy atom. The van der Waals surface area contributed by atoms with E-state index in [0.717, 1.165) is 83.2 Å². The molecule has 2 saturated heterocycles. The van der Waals surface area contributed by atoms with Gasteiger partial charge in [-0.05, 0) is 122 Å². The van der Waals surface area contributed by atoms with Crippen LogP contribution in [0.15, 0.2) is 71.8 Å². The van der Waals surface area contributed by atoms with E-state index in [1.54, 1.807) is 4.90 Å². The Morgan fingerprint density at radius 1 is 0.829 bits per heavy atom. The van der Waals surface area contributed by atoms with Gasteiger partial charge in [0.2, 0.25) is 11.8 Å². The summed E-state index contributed by atoms with van der Waals surface area (Å²) in [5, 5.41) is 18.9. The monoisotopic (exact) mass is 955 g/mol. The number of aryl methyl sites for hydroxylation is 1. The number of amides is 4. The summed E-state index contributed by atoms with van der Waals surface area (Å²) in [4.78, 5) is 84.8. The number of aromatic amines is 1. The number of aldehydes is 1. The zero-order chi connectivity index (χ0) is 49.8. The standard InChI is InChI=1S/C53H65N9O8/c1-29(2)45(59-52(67)69-6)50(65)61-20-8-10-42(61)48(55-25-37(64)28-63)57-40-19-18-35(22-31(40)5)39-26-54-47(44-36-13-12-32(23-36)24-38(39)44)34-16-14-33(15-17-34)41-27-56-49(58-41)43-11-9-21-62(43)51(66)46(30(3)4)60-53(68)70-7/h14-19,22,25-30,32,36,42-43,45-46,64H,8-13,20-21,23-24H2,1-7H3,(H,55,57)(H,56,58)(H,59,67)(H,60,68)/b37-25-. The number of aliphatic hydroxyl groups excluding tert-OH is 1. The van der Waals surface area contributed by atoms with Gasteiger partial charge in [0.15, 0.2) is 12.0 Å². The van der Waals surface area contributed by atoms with Crippen LogP contribution < -0.4 is 16.0 Å². The maximum absolute atomic E-state index is 14.0. The molecule has 6 atom stereocenters. The van der Waals surface area contributed by atoms with Crippen LogP contribution in [0.25, 0.3) is 33.6 Å². The van der Waals surface area contributed by atoms with Crippen molar-refractivity contribution in [1.82, 2.24) is 35.4 Å². The van der Waals surface area contributed by atoms with E-state index in [2.05, 4.69) is 62.3 Å². The average Bonchev–Trinajstić information content (AvgIpc) is 4.21. The third-order valence-electron chi connectivity index (χ3n) is 14.5. The molecule has 0 spiro atoms. The Labute approximate surface area is 408 Å². The van der Waals surface area contributed by atoms with Gasteiger partial charge in [-0.25, -0.2) is 19.6 Å². The minimum Gasteiger partial charge on any atom is -0.503 e. The molecule has 2 aliphatic heterocycles. The van der Waals surface area contributed by atoms with Crippen molar-refractivity contribution in [2.24, 2.45) is 22.7 Å². The van der Waals surface area contributed by atoms with Crippen molar-refractivity contribution in [2.45, 2.75) is 116 Å².